The Balaban J connectivity index is 2.39. The zero-order valence-electron chi connectivity index (χ0n) is 14.8. The number of rotatable bonds is 11. The Labute approximate surface area is 158 Å². The van der Waals surface area contributed by atoms with E-state index in [1.807, 2.05) is 0 Å². The van der Waals surface area contributed by atoms with Crippen molar-refractivity contribution in [3.05, 3.63) is 29.3 Å². The number of nitrogens with one attached hydrogen (secondary N) is 2. The van der Waals surface area contributed by atoms with Gasteiger partial charge in [-0.15, -0.1) is 0 Å². The van der Waals surface area contributed by atoms with Crippen LogP contribution < -0.4 is 10.0 Å². The van der Waals surface area contributed by atoms with Crippen molar-refractivity contribution in [3.63, 3.8) is 0 Å². The third-order valence-corrected chi connectivity index (χ3v) is 5.37. The van der Waals surface area contributed by atoms with Crippen LogP contribution >= 0.6 is 11.6 Å². The maximum absolute atomic E-state index is 12.2. The van der Waals surface area contributed by atoms with Crippen LogP contribution in [0.3, 0.4) is 0 Å². The van der Waals surface area contributed by atoms with Gasteiger partial charge in [-0.05, 0) is 18.6 Å². The van der Waals surface area contributed by atoms with Crippen molar-refractivity contribution in [3.8, 4) is 0 Å². The Morgan fingerprint density at radius 2 is 1.92 bits per heavy atom. The van der Waals surface area contributed by atoms with Crippen LogP contribution in [0.2, 0.25) is 5.02 Å². The summed E-state index contributed by atoms with van der Waals surface area (Å²) in [5.74, 6) is -0.632. The van der Waals surface area contributed by atoms with Gasteiger partial charge >= 0.3 is 0 Å². The number of benzene rings is 1. The average Bonchev–Trinajstić information content (AvgIpc) is 2.58. The number of ether oxygens (including phenoxy) is 1. The first-order valence-corrected chi connectivity index (χ1v) is 9.88. The van der Waals surface area contributed by atoms with E-state index in [2.05, 4.69) is 10.0 Å². The number of methoxy groups -OCH3 is 1. The summed E-state index contributed by atoms with van der Waals surface area (Å²) < 4.78 is 31.5. The lowest BCUT2D eigenvalue weighted by Gasteiger charge is -2.17. The molecule has 0 aliphatic rings. The molecule has 0 saturated carbocycles. The summed E-state index contributed by atoms with van der Waals surface area (Å²) >= 11 is 5.87. The summed E-state index contributed by atoms with van der Waals surface area (Å²) in [5.41, 5.74) is 0. The minimum Gasteiger partial charge on any atom is -0.385 e. The molecule has 0 spiro atoms. The molecule has 2 amide bonds. The fourth-order valence-electron chi connectivity index (χ4n) is 2.03. The van der Waals surface area contributed by atoms with Crippen LogP contribution in [0.4, 0.5) is 0 Å². The molecule has 0 bridgehead atoms. The molecule has 2 N–H and O–H groups in total. The summed E-state index contributed by atoms with van der Waals surface area (Å²) in [4.78, 5) is 24.9. The highest BCUT2D eigenvalue weighted by Crippen LogP contribution is 2.19. The molecule has 0 aromatic heterocycles. The van der Waals surface area contributed by atoms with Crippen LogP contribution in [-0.2, 0) is 24.3 Å². The van der Waals surface area contributed by atoms with E-state index in [0.717, 1.165) is 0 Å². The first kappa shape index (κ1) is 22.4. The number of hydrogen-bond donors (Lipinski definition) is 2. The van der Waals surface area contributed by atoms with Crippen molar-refractivity contribution >= 4 is 33.4 Å². The lowest BCUT2D eigenvalue weighted by Crippen LogP contribution is -2.40. The molecule has 0 fully saturated rings. The van der Waals surface area contributed by atoms with Gasteiger partial charge in [0, 0.05) is 40.3 Å². The highest BCUT2D eigenvalue weighted by atomic mass is 35.5. The average molecular weight is 406 g/mol. The van der Waals surface area contributed by atoms with Crippen LogP contribution in [0.5, 0.6) is 0 Å². The fourth-order valence-corrected chi connectivity index (χ4v) is 3.58. The van der Waals surface area contributed by atoms with E-state index in [9.17, 15) is 18.0 Å². The molecule has 26 heavy (non-hydrogen) atoms. The van der Waals surface area contributed by atoms with Crippen LogP contribution in [0.15, 0.2) is 29.2 Å². The largest absolute Gasteiger partial charge is 0.385 e. The molecular formula is C16H24ClN3O5S. The molecule has 0 atom stereocenters. The number of carbonyl (C=O) groups is 2. The number of halogens is 1. The quantitative estimate of drug-likeness (QED) is 0.525. The van der Waals surface area contributed by atoms with E-state index in [1.165, 1.54) is 24.1 Å². The Hall–Kier alpha value is -1.68. The van der Waals surface area contributed by atoms with Gasteiger partial charge in [-0.25, -0.2) is 13.1 Å². The Kier molecular flexibility index (Phi) is 9.57. The summed E-state index contributed by atoms with van der Waals surface area (Å²) in [6.45, 7) is 0.822. The van der Waals surface area contributed by atoms with Gasteiger partial charge in [-0.2, -0.15) is 0 Å². The van der Waals surface area contributed by atoms with Crippen molar-refractivity contribution in [1.82, 2.24) is 14.9 Å². The number of sulfonamides is 1. The van der Waals surface area contributed by atoms with Crippen molar-refractivity contribution in [2.75, 3.05) is 40.4 Å². The fraction of sp³-hybridized carbons (Fsp3) is 0.500. The lowest BCUT2D eigenvalue weighted by molar-refractivity contribution is -0.134. The molecule has 0 aliphatic heterocycles. The first-order valence-electron chi connectivity index (χ1n) is 8.01. The minimum absolute atomic E-state index is 0.0436. The van der Waals surface area contributed by atoms with Gasteiger partial charge in [-0.1, -0.05) is 23.7 Å². The molecule has 1 aromatic carbocycles. The zero-order chi connectivity index (χ0) is 19.6. The smallest absolute Gasteiger partial charge is 0.242 e. The van der Waals surface area contributed by atoms with Gasteiger partial charge in [0.15, 0.2) is 0 Å². The monoisotopic (exact) mass is 405 g/mol. The number of carbonyl (C=O) groups excluding carboxylic acids is 2. The van der Waals surface area contributed by atoms with Gasteiger partial charge in [0.1, 0.15) is 4.90 Å². The molecule has 0 radical (unpaired) electrons. The Morgan fingerprint density at radius 3 is 2.58 bits per heavy atom. The molecule has 0 unspecified atom stereocenters. The van der Waals surface area contributed by atoms with Crippen LogP contribution in [0.1, 0.15) is 12.8 Å². The van der Waals surface area contributed by atoms with Crippen molar-refractivity contribution in [2.45, 2.75) is 17.7 Å². The first-order chi connectivity index (χ1) is 12.3. The van der Waals surface area contributed by atoms with E-state index in [0.29, 0.717) is 19.6 Å². The molecule has 146 valence electrons. The molecule has 1 aromatic rings. The Bertz CT molecular complexity index is 712. The van der Waals surface area contributed by atoms with Gasteiger partial charge < -0.3 is 15.0 Å². The third kappa shape index (κ3) is 7.69. The van der Waals surface area contributed by atoms with Gasteiger partial charge in [0.2, 0.25) is 21.8 Å². The number of nitrogens with zero attached hydrogens (tertiary/aromatic N) is 1. The summed E-state index contributed by atoms with van der Waals surface area (Å²) in [6.07, 6.45) is 0.612. The number of hydrogen-bond acceptors (Lipinski definition) is 5. The lowest BCUT2D eigenvalue weighted by atomic mass is 10.3. The zero-order valence-corrected chi connectivity index (χ0v) is 16.4. The molecular weight excluding hydrogens is 382 g/mol. The van der Waals surface area contributed by atoms with Crippen LogP contribution in [0, 0.1) is 0 Å². The predicted octanol–water partition coefficient (Wildman–Crippen LogP) is 0.620. The van der Waals surface area contributed by atoms with Crippen molar-refractivity contribution in [1.29, 1.82) is 0 Å². The molecule has 0 aliphatic carbocycles. The standard InChI is InChI=1S/C16H24ClN3O5S/c1-20(12-15(21)18-9-5-11-25-2)16(22)8-10-19-26(23,24)14-7-4-3-6-13(14)17/h3-4,6-7,19H,5,8-12H2,1-2H3,(H,18,21). The normalized spacial score (nSPS) is 11.2. The highest BCUT2D eigenvalue weighted by molar-refractivity contribution is 7.89. The summed E-state index contributed by atoms with van der Waals surface area (Å²) in [5, 5.41) is 2.78. The SMILES string of the molecule is COCCCNC(=O)CN(C)C(=O)CCNS(=O)(=O)c1ccccc1Cl. The van der Waals surface area contributed by atoms with Crippen molar-refractivity contribution < 1.29 is 22.7 Å². The van der Waals surface area contributed by atoms with E-state index in [4.69, 9.17) is 16.3 Å². The van der Waals surface area contributed by atoms with Gasteiger partial charge in [0.25, 0.3) is 0 Å². The second-order valence-electron chi connectivity index (χ2n) is 5.52. The second-order valence-corrected chi connectivity index (χ2v) is 7.67. The summed E-state index contributed by atoms with van der Waals surface area (Å²) in [7, 11) is -0.733. The van der Waals surface area contributed by atoms with E-state index < -0.39 is 10.0 Å². The molecule has 10 heteroatoms. The minimum atomic E-state index is -3.80. The van der Waals surface area contributed by atoms with Crippen LogP contribution in [-0.4, -0.2) is 65.5 Å². The summed E-state index contributed by atoms with van der Waals surface area (Å²) in [6, 6.07) is 6.04. The van der Waals surface area contributed by atoms with Gasteiger partial charge in [0.05, 0.1) is 11.6 Å². The van der Waals surface area contributed by atoms with Crippen LogP contribution in [0.25, 0.3) is 0 Å². The van der Waals surface area contributed by atoms with Crippen molar-refractivity contribution in [2.24, 2.45) is 0 Å². The van der Waals surface area contributed by atoms with E-state index in [1.54, 1.807) is 19.2 Å². The topological polar surface area (TPSA) is 105 Å². The molecule has 8 nitrogen and oxygen atoms in total. The number of likely N-dealkylation sites (N-methyl/N-ethyl adjacent to an activating group) is 1. The number of amides is 2. The maximum atomic E-state index is 12.2. The maximum Gasteiger partial charge on any atom is 0.242 e. The van der Waals surface area contributed by atoms with Gasteiger partial charge in [-0.3, -0.25) is 9.59 Å². The third-order valence-electron chi connectivity index (χ3n) is 3.41. The molecule has 0 saturated heterocycles. The van der Waals surface area contributed by atoms with E-state index in [-0.39, 0.29) is 41.2 Å². The van der Waals surface area contributed by atoms with E-state index >= 15 is 0 Å². The molecule has 0 heterocycles. The predicted molar refractivity (Wildman–Crippen MR) is 98.4 cm³/mol. The second kappa shape index (κ2) is 11.1. The molecule has 1 rings (SSSR count). The highest BCUT2D eigenvalue weighted by Gasteiger charge is 2.18. The Morgan fingerprint density at radius 1 is 1.23 bits per heavy atom.